The van der Waals surface area contributed by atoms with Gasteiger partial charge in [0.05, 0.1) is 35.0 Å². The van der Waals surface area contributed by atoms with Gasteiger partial charge in [0.2, 0.25) is 17.8 Å². The van der Waals surface area contributed by atoms with Gasteiger partial charge < -0.3 is 39.2 Å². The van der Waals surface area contributed by atoms with Crippen LogP contribution >= 0.6 is 11.6 Å². The lowest BCUT2D eigenvalue weighted by atomic mass is 10.0. The van der Waals surface area contributed by atoms with E-state index in [0.29, 0.717) is 60.6 Å². The van der Waals surface area contributed by atoms with Gasteiger partial charge in [0, 0.05) is 63.2 Å². The lowest BCUT2D eigenvalue weighted by molar-refractivity contribution is -0.136. The van der Waals surface area contributed by atoms with Crippen molar-refractivity contribution in [2.75, 3.05) is 57.1 Å². The second-order valence-electron chi connectivity index (χ2n) is 16.3. The minimum Gasteiger partial charge on any atom is -0.488 e. The number of benzene rings is 2. The van der Waals surface area contributed by atoms with Crippen molar-refractivity contribution >= 4 is 69.5 Å². The summed E-state index contributed by atoms with van der Waals surface area (Å²) in [5.41, 5.74) is 1.35. The minimum atomic E-state index is -1.06. The summed E-state index contributed by atoms with van der Waals surface area (Å²) in [4.78, 5) is 90.9. The van der Waals surface area contributed by atoms with Crippen LogP contribution in [0.2, 0.25) is 5.02 Å². The molecule has 8 rings (SSSR count). The molecule has 0 saturated carbocycles. The van der Waals surface area contributed by atoms with E-state index >= 15 is 0 Å². The fourth-order valence-corrected chi connectivity index (χ4v) is 8.72. The van der Waals surface area contributed by atoms with Crippen molar-refractivity contribution in [3.63, 3.8) is 0 Å². The summed E-state index contributed by atoms with van der Waals surface area (Å²) >= 11 is 6.59. The molecule has 2 aromatic carbocycles. The van der Waals surface area contributed by atoms with Gasteiger partial charge in [-0.15, -0.1) is 0 Å². The van der Waals surface area contributed by atoms with Crippen LogP contribution in [-0.2, 0) is 19.1 Å². The third-order valence-electron chi connectivity index (χ3n) is 11.5. The van der Waals surface area contributed by atoms with Gasteiger partial charge >= 0.3 is 0 Å². The first-order valence-electron chi connectivity index (χ1n) is 20.7. The highest BCUT2D eigenvalue weighted by Crippen LogP contribution is 2.36. The third kappa shape index (κ3) is 8.67. The number of rotatable bonds is 12. The zero-order valence-corrected chi connectivity index (χ0v) is 35.6. The SMILES string of the molecule is CNC(=O)COc1cc2cc(Nc3nc(N4CCC(O[C@H]5C[C@H](Oc6cccc7c6C(=O)N(C6CCC(=O)NC6=O)C7=O)CN(C)C5)CC4)ncc3Cl)ccc2n(C(C)C)c1=O. The molecule has 0 bridgehead atoms. The number of hydrogen-bond donors (Lipinski definition) is 3. The average Bonchev–Trinajstić information content (AvgIpc) is 3.49. The smallest absolute Gasteiger partial charge is 0.293 e. The highest BCUT2D eigenvalue weighted by molar-refractivity contribution is 6.33. The molecule has 3 atom stereocenters. The van der Waals surface area contributed by atoms with Crippen LogP contribution in [0.3, 0.4) is 0 Å². The molecule has 1 unspecified atom stereocenters. The van der Waals surface area contributed by atoms with E-state index in [-0.39, 0.29) is 77.9 Å². The molecule has 2 aromatic heterocycles. The predicted octanol–water partition coefficient (Wildman–Crippen LogP) is 3.43. The van der Waals surface area contributed by atoms with Gasteiger partial charge in [-0.25, -0.2) is 4.98 Å². The lowest BCUT2D eigenvalue weighted by Crippen LogP contribution is -2.54. The molecule has 62 heavy (non-hydrogen) atoms. The Morgan fingerprint density at radius 3 is 2.48 bits per heavy atom. The average molecular weight is 870 g/mol. The van der Waals surface area contributed by atoms with Crippen LogP contribution in [0, 0.1) is 0 Å². The first-order valence-corrected chi connectivity index (χ1v) is 21.1. The second-order valence-corrected chi connectivity index (χ2v) is 16.7. The number of anilines is 3. The number of aromatic nitrogens is 3. The van der Waals surface area contributed by atoms with Crippen LogP contribution in [0.1, 0.15) is 72.7 Å². The Balaban J connectivity index is 0.892. The summed E-state index contributed by atoms with van der Waals surface area (Å²) in [5, 5.41) is 9.07. The fraction of sp³-hybridized carbons (Fsp3) is 0.442. The van der Waals surface area contributed by atoms with E-state index in [1.54, 1.807) is 35.0 Å². The molecular weight excluding hydrogens is 822 g/mol. The molecule has 18 nitrogen and oxygen atoms in total. The number of nitrogens with one attached hydrogen (secondary N) is 3. The molecule has 3 N–H and O–H groups in total. The first kappa shape index (κ1) is 42.6. The number of likely N-dealkylation sites (N-methyl/N-ethyl adjacent to an activating group) is 2. The van der Waals surface area contributed by atoms with Crippen LogP contribution in [0.25, 0.3) is 10.9 Å². The number of fused-ring (bicyclic) bond motifs is 2. The van der Waals surface area contributed by atoms with E-state index in [9.17, 15) is 28.8 Å². The predicted molar refractivity (Wildman–Crippen MR) is 228 cm³/mol. The van der Waals surface area contributed by atoms with Crippen LogP contribution in [0.5, 0.6) is 11.5 Å². The Bertz CT molecular complexity index is 2510. The number of hydrogen-bond acceptors (Lipinski definition) is 14. The van der Waals surface area contributed by atoms with E-state index < -0.39 is 29.7 Å². The van der Waals surface area contributed by atoms with Gasteiger partial charge in [-0.2, -0.15) is 4.98 Å². The molecule has 0 radical (unpaired) electrons. The molecule has 0 aliphatic carbocycles. The first-order chi connectivity index (χ1) is 29.8. The molecular formula is C43H48ClN9O9. The van der Waals surface area contributed by atoms with Crippen molar-refractivity contribution in [3.05, 3.63) is 75.2 Å². The van der Waals surface area contributed by atoms with Gasteiger partial charge in [-0.1, -0.05) is 17.7 Å². The topological polar surface area (TPSA) is 207 Å². The maximum absolute atomic E-state index is 13.6. The van der Waals surface area contributed by atoms with E-state index in [4.69, 9.17) is 30.8 Å². The normalized spacial score (nSPS) is 21.0. The number of carbonyl (C=O) groups is 5. The number of piperidine rings is 3. The number of pyridine rings is 1. The molecule has 5 amide bonds. The van der Waals surface area contributed by atoms with Gasteiger partial charge in [-0.05, 0) is 76.6 Å². The van der Waals surface area contributed by atoms with Gasteiger partial charge in [0.25, 0.3) is 23.3 Å². The lowest BCUT2D eigenvalue weighted by Gasteiger charge is -2.39. The number of halogens is 1. The number of imide groups is 2. The number of likely N-dealkylation sites (tertiary alicyclic amines) is 1. The van der Waals surface area contributed by atoms with Crippen molar-refractivity contribution in [3.8, 4) is 11.5 Å². The molecule has 0 spiro atoms. The van der Waals surface area contributed by atoms with Crippen LogP contribution in [-0.4, -0.2) is 125 Å². The van der Waals surface area contributed by atoms with Crippen molar-refractivity contribution in [1.29, 1.82) is 0 Å². The quantitative estimate of drug-likeness (QED) is 0.175. The highest BCUT2D eigenvalue weighted by atomic mass is 35.5. The molecule has 326 valence electrons. The van der Waals surface area contributed by atoms with Crippen molar-refractivity contribution in [2.24, 2.45) is 0 Å². The Morgan fingerprint density at radius 2 is 1.74 bits per heavy atom. The zero-order valence-electron chi connectivity index (χ0n) is 34.8. The van der Waals surface area contributed by atoms with E-state index in [1.807, 2.05) is 39.1 Å². The summed E-state index contributed by atoms with van der Waals surface area (Å²) in [6, 6.07) is 10.8. The van der Waals surface area contributed by atoms with Crippen LogP contribution in [0.15, 0.2) is 53.5 Å². The molecule has 19 heteroatoms. The standard InChI is InChI=1S/C43H48ClN9O9/c1-23(2)52-31-9-8-25(16-24(31)17-34(41(52)58)60-22-36(55)45-3)47-38-30(44)19-46-43(49-38)51-14-12-26(13-15-51)61-27-18-28(21-50(4)20-27)62-33-7-5-6-29-37(33)42(59)53(40(29)57)32-10-11-35(54)48-39(32)56/h5-9,16-17,19,23,26-28,32H,10-15,18,20-22H2,1-4H3,(H,45,55)(H,46,47,49)(H,48,54,56)/t27-,28-,32?/m0/s1. The van der Waals surface area contributed by atoms with E-state index in [1.165, 1.54) is 7.05 Å². The largest absolute Gasteiger partial charge is 0.488 e. The molecule has 3 saturated heterocycles. The molecule has 6 heterocycles. The van der Waals surface area contributed by atoms with Crippen LogP contribution in [0.4, 0.5) is 17.5 Å². The molecule has 3 fully saturated rings. The Morgan fingerprint density at radius 1 is 0.968 bits per heavy atom. The molecule has 4 aliphatic rings. The Labute approximate surface area is 361 Å². The minimum absolute atomic E-state index is 0.0263. The maximum Gasteiger partial charge on any atom is 0.293 e. The number of carbonyl (C=O) groups excluding carboxylic acids is 5. The summed E-state index contributed by atoms with van der Waals surface area (Å²) in [5.74, 6) is -1.37. The monoisotopic (exact) mass is 869 g/mol. The molecule has 4 aromatic rings. The van der Waals surface area contributed by atoms with Gasteiger partial charge in [-0.3, -0.25) is 39.0 Å². The fourth-order valence-electron chi connectivity index (χ4n) is 8.59. The van der Waals surface area contributed by atoms with Crippen molar-refractivity contribution < 1.29 is 38.2 Å². The summed E-state index contributed by atoms with van der Waals surface area (Å²) < 4.78 is 20.3. The number of amides is 5. The maximum atomic E-state index is 13.6. The second kappa shape index (κ2) is 17.7. The summed E-state index contributed by atoms with van der Waals surface area (Å²) in [6.45, 7) is 6.09. The van der Waals surface area contributed by atoms with Crippen molar-refractivity contribution in [2.45, 2.75) is 76.3 Å². The third-order valence-corrected chi connectivity index (χ3v) is 11.8. The van der Waals surface area contributed by atoms with E-state index in [0.717, 1.165) is 23.1 Å². The zero-order chi connectivity index (χ0) is 43.8. The number of nitrogens with zero attached hydrogens (tertiary/aromatic N) is 6. The summed E-state index contributed by atoms with van der Waals surface area (Å²) in [7, 11) is 3.48. The van der Waals surface area contributed by atoms with Gasteiger partial charge in [0.15, 0.2) is 18.2 Å². The summed E-state index contributed by atoms with van der Waals surface area (Å²) in [6.07, 6.45) is 3.18. The van der Waals surface area contributed by atoms with E-state index in [2.05, 4.69) is 30.7 Å². The van der Waals surface area contributed by atoms with Crippen molar-refractivity contribution in [1.82, 2.24) is 35.0 Å². The van der Waals surface area contributed by atoms with Crippen LogP contribution < -0.4 is 35.9 Å². The Hall–Kier alpha value is -6.11. The molecule has 4 aliphatic heterocycles. The Kier molecular flexibility index (Phi) is 12.2. The number of ether oxygens (including phenoxy) is 3. The van der Waals surface area contributed by atoms with Gasteiger partial charge in [0.1, 0.15) is 22.9 Å². The highest BCUT2D eigenvalue weighted by Gasteiger charge is 2.46.